The van der Waals surface area contributed by atoms with Crippen molar-refractivity contribution in [2.24, 2.45) is 0 Å². The van der Waals surface area contributed by atoms with Crippen LogP contribution in [0.2, 0.25) is 0 Å². The molecular weight excluding hydrogens is 316 g/mol. The van der Waals surface area contributed by atoms with Crippen LogP contribution in [0.25, 0.3) is 5.65 Å². The molecule has 0 atom stereocenters. The van der Waals surface area contributed by atoms with Gasteiger partial charge >= 0.3 is 0 Å². The van der Waals surface area contributed by atoms with Crippen LogP contribution < -0.4 is 9.80 Å². The Morgan fingerprint density at radius 2 is 1.88 bits per heavy atom. The average molecular weight is 336 g/mol. The SMILES string of the molecule is Cc1nnc2ccc(N3CC(N(C)c4nccnc4C4CC4)C3)nn12. The summed E-state index contributed by atoms with van der Waals surface area (Å²) in [6.07, 6.45) is 6.06. The number of aryl methyl sites for hydroxylation is 1. The number of hydrogen-bond donors (Lipinski definition) is 0. The van der Waals surface area contributed by atoms with Crippen molar-refractivity contribution in [3.05, 3.63) is 36.0 Å². The smallest absolute Gasteiger partial charge is 0.178 e. The van der Waals surface area contributed by atoms with Crippen molar-refractivity contribution >= 4 is 17.3 Å². The lowest BCUT2D eigenvalue weighted by molar-refractivity contribution is 0.485. The molecule has 0 amide bonds. The third kappa shape index (κ3) is 2.40. The molecule has 1 saturated heterocycles. The Morgan fingerprint density at radius 3 is 2.68 bits per heavy atom. The minimum absolute atomic E-state index is 0.425. The Labute approximate surface area is 145 Å². The summed E-state index contributed by atoms with van der Waals surface area (Å²) in [7, 11) is 2.12. The van der Waals surface area contributed by atoms with Gasteiger partial charge in [-0.25, -0.2) is 4.98 Å². The van der Waals surface area contributed by atoms with Gasteiger partial charge in [-0.1, -0.05) is 0 Å². The van der Waals surface area contributed by atoms with Crippen LogP contribution in [-0.2, 0) is 0 Å². The number of nitrogens with zero attached hydrogens (tertiary/aromatic N) is 8. The number of aromatic nitrogens is 6. The van der Waals surface area contributed by atoms with E-state index in [0.717, 1.165) is 41.9 Å². The van der Waals surface area contributed by atoms with E-state index in [-0.39, 0.29) is 0 Å². The van der Waals surface area contributed by atoms with E-state index in [9.17, 15) is 0 Å². The lowest BCUT2D eigenvalue weighted by Crippen LogP contribution is -2.59. The maximum atomic E-state index is 4.65. The summed E-state index contributed by atoms with van der Waals surface area (Å²) in [5.41, 5.74) is 1.94. The largest absolute Gasteiger partial charge is 0.352 e. The van der Waals surface area contributed by atoms with E-state index in [1.54, 1.807) is 16.9 Å². The zero-order valence-corrected chi connectivity index (χ0v) is 14.4. The van der Waals surface area contributed by atoms with Gasteiger partial charge in [-0.3, -0.25) is 4.98 Å². The molecule has 0 N–H and O–H groups in total. The molecule has 5 rings (SSSR count). The Bertz CT molecular complexity index is 925. The normalized spacial score (nSPS) is 17.8. The van der Waals surface area contributed by atoms with E-state index in [1.165, 1.54) is 12.8 Å². The van der Waals surface area contributed by atoms with Crippen LogP contribution in [0.4, 0.5) is 11.6 Å². The third-order valence-corrected chi connectivity index (χ3v) is 5.14. The van der Waals surface area contributed by atoms with Crippen LogP contribution in [-0.4, -0.2) is 56.0 Å². The molecule has 1 aliphatic heterocycles. The molecule has 0 unspecified atom stereocenters. The van der Waals surface area contributed by atoms with E-state index in [2.05, 4.69) is 42.1 Å². The number of likely N-dealkylation sites (N-methyl/N-ethyl adjacent to an activating group) is 1. The maximum Gasteiger partial charge on any atom is 0.178 e. The van der Waals surface area contributed by atoms with Crippen molar-refractivity contribution in [2.75, 3.05) is 29.9 Å². The van der Waals surface area contributed by atoms with E-state index in [0.29, 0.717) is 12.0 Å². The monoisotopic (exact) mass is 336 g/mol. The molecule has 25 heavy (non-hydrogen) atoms. The van der Waals surface area contributed by atoms with Gasteiger partial charge < -0.3 is 9.80 Å². The van der Waals surface area contributed by atoms with Gasteiger partial charge in [0.2, 0.25) is 0 Å². The van der Waals surface area contributed by atoms with Crippen molar-refractivity contribution < 1.29 is 0 Å². The summed E-state index contributed by atoms with van der Waals surface area (Å²) in [5, 5.41) is 12.8. The lowest BCUT2D eigenvalue weighted by atomic mass is 10.1. The maximum absolute atomic E-state index is 4.65. The summed E-state index contributed by atoms with van der Waals surface area (Å²) in [4.78, 5) is 13.7. The molecule has 3 aromatic heterocycles. The van der Waals surface area contributed by atoms with Gasteiger partial charge in [0.05, 0.1) is 11.7 Å². The van der Waals surface area contributed by atoms with Gasteiger partial charge in [0.1, 0.15) is 5.82 Å². The molecule has 4 heterocycles. The summed E-state index contributed by atoms with van der Waals surface area (Å²) in [5.74, 6) is 3.40. The molecule has 128 valence electrons. The number of fused-ring (bicyclic) bond motifs is 1. The highest BCUT2D eigenvalue weighted by molar-refractivity contribution is 5.52. The quantitative estimate of drug-likeness (QED) is 0.713. The second kappa shape index (κ2) is 5.37. The molecule has 0 aromatic carbocycles. The first-order valence-electron chi connectivity index (χ1n) is 8.68. The van der Waals surface area contributed by atoms with Gasteiger partial charge in [0.15, 0.2) is 17.3 Å². The van der Waals surface area contributed by atoms with Crippen molar-refractivity contribution in [3.63, 3.8) is 0 Å². The number of hydrogen-bond acceptors (Lipinski definition) is 7. The van der Waals surface area contributed by atoms with Crippen molar-refractivity contribution in [1.29, 1.82) is 0 Å². The predicted molar refractivity (Wildman–Crippen MR) is 93.9 cm³/mol. The molecule has 3 aromatic rings. The van der Waals surface area contributed by atoms with Crippen LogP contribution in [0, 0.1) is 6.92 Å². The summed E-state index contributed by atoms with van der Waals surface area (Å²) in [6, 6.07) is 4.40. The van der Waals surface area contributed by atoms with E-state index >= 15 is 0 Å². The molecule has 1 aliphatic carbocycles. The topological polar surface area (TPSA) is 75.3 Å². The summed E-state index contributed by atoms with van der Waals surface area (Å²) >= 11 is 0. The Morgan fingerprint density at radius 1 is 1.08 bits per heavy atom. The van der Waals surface area contributed by atoms with Crippen LogP contribution >= 0.6 is 0 Å². The second-order valence-electron chi connectivity index (χ2n) is 6.92. The standard InChI is InChI=1S/C17H20N8/c1-11-20-21-14-5-6-15(22-25(11)14)24-9-13(10-24)23(2)17-16(12-3-4-12)18-7-8-19-17/h5-8,12-13H,3-4,9-10H2,1-2H3. The summed E-state index contributed by atoms with van der Waals surface area (Å²) in [6.45, 7) is 3.77. The fourth-order valence-corrected chi connectivity index (χ4v) is 3.37. The molecule has 0 spiro atoms. The molecule has 2 fully saturated rings. The van der Waals surface area contributed by atoms with Crippen LogP contribution in [0.3, 0.4) is 0 Å². The first kappa shape index (κ1) is 14.6. The molecule has 0 bridgehead atoms. The van der Waals surface area contributed by atoms with Crippen molar-refractivity contribution in [1.82, 2.24) is 29.8 Å². The number of anilines is 2. The highest BCUT2D eigenvalue weighted by Gasteiger charge is 2.35. The second-order valence-corrected chi connectivity index (χ2v) is 6.92. The van der Waals surface area contributed by atoms with Crippen LogP contribution in [0.1, 0.15) is 30.3 Å². The van der Waals surface area contributed by atoms with Gasteiger partial charge in [-0.15, -0.1) is 15.3 Å². The van der Waals surface area contributed by atoms with E-state index in [4.69, 9.17) is 0 Å². The molecule has 0 radical (unpaired) electrons. The zero-order chi connectivity index (χ0) is 17.0. The van der Waals surface area contributed by atoms with Gasteiger partial charge in [-0.2, -0.15) is 4.52 Å². The van der Waals surface area contributed by atoms with Gasteiger partial charge in [-0.05, 0) is 31.9 Å². The first-order chi connectivity index (χ1) is 12.2. The highest BCUT2D eigenvalue weighted by Crippen LogP contribution is 2.42. The van der Waals surface area contributed by atoms with E-state index < -0.39 is 0 Å². The molecular formula is C17H20N8. The minimum atomic E-state index is 0.425. The number of rotatable bonds is 4. The molecule has 2 aliphatic rings. The van der Waals surface area contributed by atoms with Crippen molar-refractivity contribution in [2.45, 2.75) is 31.7 Å². The van der Waals surface area contributed by atoms with Gasteiger partial charge in [0, 0.05) is 38.4 Å². The molecule has 8 nitrogen and oxygen atoms in total. The Kier molecular flexibility index (Phi) is 3.13. The first-order valence-corrected chi connectivity index (χ1v) is 8.68. The predicted octanol–water partition coefficient (Wildman–Crippen LogP) is 1.43. The van der Waals surface area contributed by atoms with Crippen LogP contribution in [0.5, 0.6) is 0 Å². The third-order valence-electron chi connectivity index (χ3n) is 5.14. The van der Waals surface area contributed by atoms with Gasteiger partial charge in [0.25, 0.3) is 0 Å². The lowest BCUT2D eigenvalue weighted by Gasteiger charge is -2.45. The average Bonchev–Trinajstić information content (AvgIpc) is 3.38. The Hall–Kier alpha value is -2.77. The molecule has 1 saturated carbocycles. The van der Waals surface area contributed by atoms with Crippen molar-refractivity contribution in [3.8, 4) is 0 Å². The Balaban J connectivity index is 1.33. The highest BCUT2D eigenvalue weighted by atomic mass is 15.4. The molecule has 8 heteroatoms. The summed E-state index contributed by atoms with van der Waals surface area (Å²) < 4.78 is 1.79. The van der Waals surface area contributed by atoms with E-state index in [1.807, 2.05) is 19.1 Å². The fraction of sp³-hybridized carbons (Fsp3) is 0.471. The fourth-order valence-electron chi connectivity index (χ4n) is 3.37. The minimum Gasteiger partial charge on any atom is -0.352 e. The van der Waals surface area contributed by atoms with Crippen LogP contribution in [0.15, 0.2) is 24.5 Å². The zero-order valence-electron chi connectivity index (χ0n) is 14.4.